The molecule has 1 aromatic carbocycles. The van der Waals surface area contributed by atoms with Crippen molar-refractivity contribution >= 4 is 10.0 Å². The molecule has 0 N–H and O–H groups in total. The molecule has 0 unspecified atom stereocenters. The third-order valence-electron chi connectivity index (χ3n) is 5.85. The van der Waals surface area contributed by atoms with Gasteiger partial charge >= 0.3 is 0 Å². The molecule has 148 valence electrons. The van der Waals surface area contributed by atoms with Gasteiger partial charge in [-0.2, -0.15) is 0 Å². The molecule has 0 aromatic heterocycles. The van der Waals surface area contributed by atoms with Gasteiger partial charge in [-0.15, -0.1) is 0 Å². The number of fused-ring (bicyclic) bond motifs is 1. The quantitative estimate of drug-likeness (QED) is 0.436. The summed E-state index contributed by atoms with van der Waals surface area (Å²) in [6.07, 6.45) is 15.9. The van der Waals surface area contributed by atoms with Crippen LogP contribution in [0.25, 0.3) is 0 Å². The van der Waals surface area contributed by atoms with E-state index < -0.39 is 10.0 Å². The fraction of sp³-hybridized carbons (Fsp3) is 0.565. The van der Waals surface area contributed by atoms with Crippen LogP contribution in [-0.2, 0) is 10.0 Å². The lowest BCUT2D eigenvalue weighted by atomic mass is 9.91. The molecule has 1 aliphatic carbocycles. The zero-order valence-electron chi connectivity index (χ0n) is 16.7. The fourth-order valence-electron chi connectivity index (χ4n) is 4.24. The topological polar surface area (TPSA) is 37.4 Å². The molecular formula is C23H33NO2S. The average Bonchev–Trinajstić information content (AvgIpc) is 2.84. The molecule has 1 aliphatic heterocycles. The zero-order valence-corrected chi connectivity index (χ0v) is 17.5. The number of hydrogen-bond acceptors (Lipinski definition) is 2. The Balaban J connectivity index is 1.88. The Morgan fingerprint density at radius 2 is 1.93 bits per heavy atom. The minimum atomic E-state index is -3.49. The molecule has 0 bridgehead atoms. The Kier molecular flexibility index (Phi) is 6.80. The molecule has 0 amide bonds. The third kappa shape index (κ3) is 4.66. The number of rotatable bonds is 7. The van der Waals surface area contributed by atoms with Gasteiger partial charge in [0.1, 0.15) is 0 Å². The van der Waals surface area contributed by atoms with Gasteiger partial charge < -0.3 is 0 Å². The molecule has 3 rings (SSSR count). The molecule has 4 heteroatoms. The second kappa shape index (κ2) is 9.09. The zero-order chi connectivity index (χ0) is 19.3. The first-order valence-electron chi connectivity index (χ1n) is 10.5. The lowest BCUT2D eigenvalue weighted by Gasteiger charge is -2.22. The summed E-state index contributed by atoms with van der Waals surface area (Å²) in [7, 11) is -3.49. The minimum Gasteiger partial charge on any atom is -0.270 e. The van der Waals surface area contributed by atoms with E-state index in [9.17, 15) is 8.42 Å². The Labute approximate surface area is 165 Å². The molecule has 1 aromatic rings. The first-order valence-corrected chi connectivity index (χ1v) is 11.9. The summed E-state index contributed by atoms with van der Waals surface area (Å²) in [5, 5.41) is 0. The minimum absolute atomic E-state index is 0.249. The van der Waals surface area contributed by atoms with E-state index in [0.717, 1.165) is 43.4 Å². The van der Waals surface area contributed by atoms with Crippen molar-refractivity contribution in [2.24, 2.45) is 11.8 Å². The van der Waals surface area contributed by atoms with Gasteiger partial charge in [-0.3, -0.25) is 4.31 Å². The third-order valence-corrected chi connectivity index (χ3v) is 7.66. The largest absolute Gasteiger partial charge is 0.270 e. The maximum Gasteiger partial charge on any atom is 0.264 e. The molecule has 1 fully saturated rings. The molecule has 0 spiro atoms. The second-order valence-electron chi connectivity index (χ2n) is 7.97. The first-order chi connectivity index (χ1) is 13.0. The Bertz CT molecular complexity index is 777. The standard InChI is InChI=1S/C23H33NO2S/c1-3-4-5-6-10-13-23-22-12-9-7-8-11-20(22)18-24(23)27(25,26)21-16-14-19(2)15-17-21/h9,12-17,20,22H,3-8,10-11,18H2,1-2H3/b23-13-/t20-,22-/m0/s1. The predicted molar refractivity (Wildman–Crippen MR) is 112 cm³/mol. The highest BCUT2D eigenvalue weighted by molar-refractivity contribution is 7.89. The van der Waals surface area contributed by atoms with Gasteiger partial charge in [0.05, 0.1) is 4.90 Å². The molecule has 2 aliphatic rings. The summed E-state index contributed by atoms with van der Waals surface area (Å²) in [6.45, 7) is 4.81. The van der Waals surface area contributed by atoms with E-state index in [1.807, 2.05) is 19.1 Å². The van der Waals surface area contributed by atoms with Gasteiger partial charge in [0, 0.05) is 18.2 Å². The van der Waals surface area contributed by atoms with Gasteiger partial charge in [0.15, 0.2) is 0 Å². The fourth-order valence-corrected chi connectivity index (χ4v) is 5.84. The van der Waals surface area contributed by atoms with Crippen molar-refractivity contribution in [1.82, 2.24) is 4.31 Å². The molecule has 1 saturated heterocycles. The van der Waals surface area contributed by atoms with E-state index in [0.29, 0.717) is 17.4 Å². The number of unbranched alkanes of at least 4 members (excludes halogenated alkanes) is 4. The monoisotopic (exact) mass is 387 g/mol. The van der Waals surface area contributed by atoms with E-state index in [2.05, 4.69) is 25.2 Å². The van der Waals surface area contributed by atoms with E-state index in [-0.39, 0.29) is 5.92 Å². The van der Waals surface area contributed by atoms with Crippen LogP contribution in [0.5, 0.6) is 0 Å². The van der Waals surface area contributed by atoms with Crippen LogP contribution in [0, 0.1) is 18.8 Å². The number of nitrogens with zero attached hydrogens (tertiary/aromatic N) is 1. The molecule has 3 nitrogen and oxygen atoms in total. The Hall–Kier alpha value is -1.55. The molecule has 1 heterocycles. The number of sulfonamides is 1. The summed E-state index contributed by atoms with van der Waals surface area (Å²) in [5.74, 6) is 0.657. The molecular weight excluding hydrogens is 354 g/mol. The van der Waals surface area contributed by atoms with Gasteiger partial charge in [-0.1, -0.05) is 62.1 Å². The van der Waals surface area contributed by atoms with Crippen LogP contribution in [-0.4, -0.2) is 19.3 Å². The van der Waals surface area contributed by atoms with Crippen molar-refractivity contribution in [2.75, 3.05) is 6.54 Å². The smallest absolute Gasteiger partial charge is 0.264 e. The first kappa shape index (κ1) is 20.2. The average molecular weight is 388 g/mol. The van der Waals surface area contributed by atoms with Gasteiger partial charge in [0.25, 0.3) is 10.0 Å². The maximum atomic E-state index is 13.4. The highest BCUT2D eigenvalue weighted by Gasteiger charge is 2.41. The van der Waals surface area contributed by atoms with Gasteiger partial charge in [-0.25, -0.2) is 8.42 Å². The predicted octanol–water partition coefficient (Wildman–Crippen LogP) is 5.83. The maximum absolute atomic E-state index is 13.4. The summed E-state index contributed by atoms with van der Waals surface area (Å²) in [4.78, 5) is 0.408. The van der Waals surface area contributed by atoms with Crippen LogP contribution in [0.1, 0.15) is 63.9 Å². The van der Waals surface area contributed by atoms with E-state index in [4.69, 9.17) is 0 Å². The van der Waals surface area contributed by atoms with Crippen molar-refractivity contribution in [3.8, 4) is 0 Å². The highest BCUT2D eigenvalue weighted by atomic mass is 32.2. The van der Waals surface area contributed by atoms with Crippen molar-refractivity contribution in [3.05, 3.63) is 53.8 Å². The SMILES string of the molecule is CCCCCC/C=C1/[C@H]2C=CCCC[C@H]2CN1S(=O)(=O)c1ccc(C)cc1. The van der Waals surface area contributed by atoms with Crippen LogP contribution in [0.2, 0.25) is 0 Å². The van der Waals surface area contributed by atoms with Crippen LogP contribution < -0.4 is 0 Å². The van der Waals surface area contributed by atoms with Crippen molar-refractivity contribution in [1.29, 1.82) is 0 Å². The number of aryl methyl sites for hydroxylation is 1. The van der Waals surface area contributed by atoms with Crippen molar-refractivity contribution in [2.45, 2.75) is 70.1 Å². The Morgan fingerprint density at radius 3 is 2.67 bits per heavy atom. The summed E-state index contributed by atoms with van der Waals surface area (Å²) in [5.41, 5.74) is 2.09. The molecule has 27 heavy (non-hydrogen) atoms. The number of hydrogen-bond donors (Lipinski definition) is 0. The van der Waals surface area contributed by atoms with Crippen LogP contribution in [0.15, 0.2) is 53.1 Å². The van der Waals surface area contributed by atoms with Gasteiger partial charge in [-0.05, 0) is 57.1 Å². The molecule has 2 atom stereocenters. The van der Waals surface area contributed by atoms with Gasteiger partial charge in [0.2, 0.25) is 0 Å². The van der Waals surface area contributed by atoms with Crippen LogP contribution >= 0.6 is 0 Å². The van der Waals surface area contributed by atoms with E-state index >= 15 is 0 Å². The van der Waals surface area contributed by atoms with E-state index in [1.165, 1.54) is 19.3 Å². The number of benzene rings is 1. The lowest BCUT2D eigenvalue weighted by Crippen LogP contribution is -2.28. The lowest BCUT2D eigenvalue weighted by molar-refractivity contribution is 0.435. The summed E-state index contributed by atoms with van der Waals surface area (Å²) in [6, 6.07) is 7.26. The van der Waals surface area contributed by atoms with Crippen molar-refractivity contribution < 1.29 is 8.42 Å². The summed E-state index contributed by atoms with van der Waals surface area (Å²) < 4.78 is 28.5. The molecule has 0 saturated carbocycles. The highest BCUT2D eigenvalue weighted by Crippen LogP contribution is 2.42. The van der Waals surface area contributed by atoms with Crippen molar-refractivity contribution in [3.63, 3.8) is 0 Å². The normalized spacial score (nSPS) is 24.2. The summed E-state index contributed by atoms with van der Waals surface area (Å²) >= 11 is 0. The Morgan fingerprint density at radius 1 is 1.15 bits per heavy atom. The number of allylic oxidation sites excluding steroid dienone is 3. The van der Waals surface area contributed by atoms with Crippen LogP contribution in [0.4, 0.5) is 0 Å². The van der Waals surface area contributed by atoms with E-state index in [1.54, 1.807) is 16.4 Å². The molecule has 0 radical (unpaired) electrons. The van der Waals surface area contributed by atoms with Crippen LogP contribution in [0.3, 0.4) is 0 Å². The second-order valence-corrected chi connectivity index (χ2v) is 9.83.